The summed E-state index contributed by atoms with van der Waals surface area (Å²) in [6.45, 7) is 0.931. The van der Waals surface area contributed by atoms with Crippen molar-refractivity contribution in [1.29, 1.82) is 0 Å². The number of anilines is 2. The summed E-state index contributed by atoms with van der Waals surface area (Å²) in [5.74, 6) is 1.85. The normalized spacial score (nSPS) is 10.6. The zero-order chi connectivity index (χ0) is 23.9. The smallest absolute Gasteiger partial charge is 0.281 e. The highest BCUT2D eigenvalue weighted by molar-refractivity contribution is 6.31. The lowest BCUT2D eigenvalue weighted by Gasteiger charge is -2.08. The summed E-state index contributed by atoms with van der Waals surface area (Å²) < 4.78 is 11.6. The van der Waals surface area contributed by atoms with Crippen LogP contribution in [0.5, 0.6) is 11.5 Å². The molecule has 0 amide bonds. The minimum Gasteiger partial charge on any atom is -0.497 e. The summed E-state index contributed by atoms with van der Waals surface area (Å²) in [5.41, 5.74) is 2.43. The van der Waals surface area contributed by atoms with Gasteiger partial charge in [-0.05, 0) is 53.6 Å². The molecule has 0 unspecified atom stereocenters. The summed E-state index contributed by atoms with van der Waals surface area (Å²) in [4.78, 5) is 17.7. The fourth-order valence-corrected chi connectivity index (χ4v) is 3.43. The van der Waals surface area contributed by atoms with Gasteiger partial charge in [-0.1, -0.05) is 41.9 Å². The minimum absolute atomic E-state index is 0.318. The molecule has 4 aromatic rings. The van der Waals surface area contributed by atoms with Gasteiger partial charge in [-0.15, -0.1) is 5.10 Å². The zero-order valence-corrected chi connectivity index (χ0v) is 19.5. The molecule has 4 rings (SSSR count). The molecular weight excluding hydrogens is 454 g/mol. The summed E-state index contributed by atoms with van der Waals surface area (Å²) in [5, 5.41) is 11.2. The lowest BCUT2D eigenvalue weighted by atomic mass is 10.2. The summed E-state index contributed by atoms with van der Waals surface area (Å²) in [6.07, 6.45) is 0. The molecule has 0 aliphatic rings. The number of ether oxygens (including phenoxy) is 2. The van der Waals surface area contributed by atoms with Crippen LogP contribution in [0.2, 0.25) is 5.02 Å². The van der Waals surface area contributed by atoms with Crippen molar-refractivity contribution < 1.29 is 14.3 Å². The maximum atomic E-state index is 13.2. The number of benzene rings is 3. The number of rotatable bonds is 9. The first kappa shape index (κ1) is 23.1. The van der Waals surface area contributed by atoms with Gasteiger partial charge in [0.1, 0.15) is 11.5 Å². The standard InChI is InChI=1S/C25H24ClN5O3/c1-33-21-10-6-17(7-11-21)15-27-24-29-25(28-16-18-8-12-22(34-2)13-9-18)31(30-24)23(32)19-4-3-5-20(26)14-19/h3-14H,15-16H2,1-2H3,(H2,27,28,29,30). The van der Waals surface area contributed by atoms with E-state index in [0.29, 0.717) is 35.6 Å². The molecule has 0 radical (unpaired) electrons. The molecule has 0 saturated heterocycles. The van der Waals surface area contributed by atoms with Crippen molar-refractivity contribution >= 4 is 29.4 Å². The monoisotopic (exact) mass is 477 g/mol. The minimum atomic E-state index is -0.343. The fraction of sp³-hybridized carbons (Fsp3) is 0.160. The van der Waals surface area contributed by atoms with Crippen LogP contribution in [0.1, 0.15) is 21.5 Å². The number of nitrogens with one attached hydrogen (secondary N) is 2. The lowest BCUT2D eigenvalue weighted by molar-refractivity contribution is 0.0947. The number of aromatic nitrogens is 3. The second-order valence-corrected chi connectivity index (χ2v) is 7.83. The van der Waals surface area contributed by atoms with Gasteiger partial charge in [-0.2, -0.15) is 9.67 Å². The molecule has 0 fully saturated rings. The SMILES string of the molecule is COc1ccc(CNc2nc(NCc3ccc(OC)cc3)n(C(=O)c3cccc(Cl)c3)n2)cc1. The van der Waals surface area contributed by atoms with Gasteiger partial charge in [0.2, 0.25) is 11.9 Å². The average molecular weight is 478 g/mol. The molecule has 0 bridgehead atoms. The van der Waals surface area contributed by atoms with Crippen LogP contribution >= 0.6 is 11.6 Å². The van der Waals surface area contributed by atoms with E-state index in [4.69, 9.17) is 21.1 Å². The second kappa shape index (κ2) is 10.7. The van der Waals surface area contributed by atoms with Crippen LogP contribution in [0.25, 0.3) is 0 Å². The third-order valence-corrected chi connectivity index (χ3v) is 5.33. The van der Waals surface area contributed by atoms with Crippen LogP contribution in [-0.2, 0) is 13.1 Å². The Kier molecular flexibility index (Phi) is 7.29. The van der Waals surface area contributed by atoms with Gasteiger partial charge in [0.15, 0.2) is 0 Å². The highest BCUT2D eigenvalue weighted by Crippen LogP contribution is 2.18. The topological polar surface area (TPSA) is 90.3 Å². The molecule has 1 aromatic heterocycles. The van der Waals surface area contributed by atoms with Crippen molar-refractivity contribution in [3.63, 3.8) is 0 Å². The summed E-state index contributed by atoms with van der Waals surface area (Å²) in [6, 6.07) is 22.0. The average Bonchev–Trinajstić information content (AvgIpc) is 3.29. The molecule has 174 valence electrons. The van der Waals surface area contributed by atoms with Gasteiger partial charge < -0.3 is 20.1 Å². The maximum Gasteiger partial charge on any atom is 0.281 e. The van der Waals surface area contributed by atoms with Crippen molar-refractivity contribution in [3.8, 4) is 11.5 Å². The van der Waals surface area contributed by atoms with E-state index in [1.165, 1.54) is 4.68 Å². The third kappa shape index (κ3) is 5.65. The quantitative estimate of drug-likeness (QED) is 0.355. The van der Waals surface area contributed by atoms with Gasteiger partial charge in [-0.3, -0.25) is 4.79 Å². The van der Waals surface area contributed by atoms with Crippen molar-refractivity contribution in [2.24, 2.45) is 0 Å². The molecule has 0 aliphatic heterocycles. The number of hydrogen-bond donors (Lipinski definition) is 2. The highest BCUT2D eigenvalue weighted by atomic mass is 35.5. The highest BCUT2D eigenvalue weighted by Gasteiger charge is 2.18. The Morgan fingerprint density at radius 2 is 1.47 bits per heavy atom. The van der Waals surface area contributed by atoms with Crippen LogP contribution in [0, 0.1) is 0 Å². The predicted octanol–water partition coefficient (Wildman–Crippen LogP) is 4.86. The molecule has 34 heavy (non-hydrogen) atoms. The van der Waals surface area contributed by atoms with E-state index in [9.17, 15) is 4.79 Å². The van der Waals surface area contributed by atoms with E-state index in [2.05, 4.69) is 20.7 Å². The molecule has 0 spiro atoms. The van der Waals surface area contributed by atoms with E-state index in [0.717, 1.165) is 22.6 Å². The van der Waals surface area contributed by atoms with E-state index in [1.807, 2.05) is 48.5 Å². The second-order valence-electron chi connectivity index (χ2n) is 7.39. The number of hydrogen-bond acceptors (Lipinski definition) is 7. The van der Waals surface area contributed by atoms with Gasteiger partial charge in [-0.25, -0.2) is 0 Å². The first-order valence-electron chi connectivity index (χ1n) is 10.6. The van der Waals surface area contributed by atoms with Gasteiger partial charge in [0, 0.05) is 23.7 Å². The Hall–Kier alpha value is -4.04. The maximum absolute atomic E-state index is 13.2. The largest absolute Gasteiger partial charge is 0.497 e. The number of halogens is 1. The van der Waals surface area contributed by atoms with Gasteiger partial charge in [0.25, 0.3) is 5.91 Å². The fourth-order valence-electron chi connectivity index (χ4n) is 3.24. The summed E-state index contributed by atoms with van der Waals surface area (Å²) in [7, 11) is 3.25. The van der Waals surface area contributed by atoms with Crippen LogP contribution in [0.4, 0.5) is 11.9 Å². The van der Waals surface area contributed by atoms with Crippen molar-refractivity contribution in [3.05, 3.63) is 94.5 Å². The zero-order valence-electron chi connectivity index (χ0n) is 18.8. The van der Waals surface area contributed by atoms with E-state index < -0.39 is 0 Å². The van der Waals surface area contributed by atoms with Crippen molar-refractivity contribution in [2.75, 3.05) is 24.9 Å². The molecule has 0 atom stereocenters. The van der Waals surface area contributed by atoms with E-state index in [1.54, 1.807) is 38.5 Å². The van der Waals surface area contributed by atoms with Crippen molar-refractivity contribution in [1.82, 2.24) is 14.8 Å². The molecule has 1 heterocycles. The molecule has 2 N–H and O–H groups in total. The molecular formula is C25H24ClN5O3. The number of nitrogens with zero attached hydrogens (tertiary/aromatic N) is 3. The first-order chi connectivity index (χ1) is 16.6. The van der Waals surface area contributed by atoms with Gasteiger partial charge in [0.05, 0.1) is 14.2 Å². The Morgan fingerprint density at radius 3 is 2.03 bits per heavy atom. The molecule has 0 aliphatic carbocycles. The van der Waals surface area contributed by atoms with E-state index in [-0.39, 0.29) is 5.91 Å². The lowest BCUT2D eigenvalue weighted by Crippen LogP contribution is -2.17. The Balaban J connectivity index is 1.54. The molecule has 0 saturated carbocycles. The molecule has 9 heteroatoms. The van der Waals surface area contributed by atoms with Gasteiger partial charge >= 0.3 is 0 Å². The first-order valence-corrected chi connectivity index (χ1v) is 10.9. The number of carbonyl (C=O) groups excluding carboxylic acids is 1. The number of carbonyl (C=O) groups is 1. The Labute approximate surface area is 202 Å². The van der Waals surface area contributed by atoms with Crippen molar-refractivity contribution in [2.45, 2.75) is 13.1 Å². The number of methoxy groups -OCH3 is 2. The molecule has 8 nitrogen and oxygen atoms in total. The molecule has 3 aromatic carbocycles. The van der Waals surface area contributed by atoms with Crippen LogP contribution in [0.15, 0.2) is 72.8 Å². The third-order valence-electron chi connectivity index (χ3n) is 5.09. The van der Waals surface area contributed by atoms with E-state index >= 15 is 0 Å². The summed E-state index contributed by atoms with van der Waals surface area (Å²) >= 11 is 6.08. The predicted molar refractivity (Wildman–Crippen MR) is 132 cm³/mol. The van der Waals surface area contributed by atoms with Crippen LogP contribution in [-0.4, -0.2) is 34.9 Å². The Bertz CT molecular complexity index is 1260. The van der Waals surface area contributed by atoms with Crippen LogP contribution < -0.4 is 20.1 Å². The van der Waals surface area contributed by atoms with Crippen LogP contribution in [0.3, 0.4) is 0 Å². The Morgan fingerprint density at radius 1 is 0.882 bits per heavy atom.